The lowest BCUT2D eigenvalue weighted by atomic mass is 9.99. The highest BCUT2D eigenvalue weighted by molar-refractivity contribution is 7.21. The lowest BCUT2D eigenvalue weighted by Gasteiger charge is -2.17. The average molecular weight is 330 g/mol. The first-order chi connectivity index (χ1) is 11.1. The summed E-state index contributed by atoms with van der Waals surface area (Å²) in [6.45, 7) is 5.12. The molecule has 1 amide bonds. The molecule has 1 aromatic carbocycles. The molecule has 0 unspecified atom stereocenters. The summed E-state index contributed by atoms with van der Waals surface area (Å²) in [7, 11) is 0. The zero-order chi connectivity index (χ0) is 16.2. The van der Waals surface area contributed by atoms with Crippen LogP contribution in [-0.4, -0.2) is 24.5 Å². The highest BCUT2D eigenvalue weighted by Crippen LogP contribution is 2.33. The van der Waals surface area contributed by atoms with Crippen LogP contribution in [0, 0.1) is 0 Å². The number of hydrogen-bond donors (Lipinski definition) is 2. The number of carbonyl (C=O) groups is 1. The standard InChI is InChI=1S/C19H26N2OS/c1-13(2)21-19(22)18-16(12-14-8-4-3-7-11-20-14)15-9-5-6-10-17(15)23-18/h5-6,9-10,13-14,20H,3-4,7-8,11-12H2,1-2H3,(H,21,22)/t14-/m1/s1. The molecule has 0 saturated carbocycles. The average Bonchev–Trinajstić information content (AvgIpc) is 2.69. The molecule has 1 saturated heterocycles. The molecule has 1 aliphatic rings. The Hall–Kier alpha value is -1.39. The fraction of sp³-hybridized carbons (Fsp3) is 0.526. The predicted molar refractivity (Wildman–Crippen MR) is 98.4 cm³/mol. The van der Waals surface area contributed by atoms with E-state index >= 15 is 0 Å². The predicted octanol–water partition coefficient (Wildman–Crippen LogP) is 4.11. The van der Waals surface area contributed by atoms with Crippen LogP contribution in [0.2, 0.25) is 0 Å². The Morgan fingerprint density at radius 1 is 1.30 bits per heavy atom. The van der Waals surface area contributed by atoms with Gasteiger partial charge in [-0.15, -0.1) is 11.3 Å². The molecule has 4 heteroatoms. The molecule has 2 N–H and O–H groups in total. The van der Waals surface area contributed by atoms with Crippen molar-refractivity contribution in [3.05, 3.63) is 34.7 Å². The largest absolute Gasteiger partial charge is 0.349 e. The van der Waals surface area contributed by atoms with E-state index in [0.29, 0.717) is 6.04 Å². The van der Waals surface area contributed by atoms with Crippen LogP contribution in [0.25, 0.3) is 10.1 Å². The van der Waals surface area contributed by atoms with Crippen LogP contribution in [0.15, 0.2) is 24.3 Å². The normalized spacial score (nSPS) is 19.0. The maximum absolute atomic E-state index is 12.6. The van der Waals surface area contributed by atoms with Gasteiger partial charge in [-0.05, 0) is 56.7 Å². The molecule has 0 bridgehead atoms. The minimum atomic E-state index is 0.0739. The second-order valence-electron chi connectivity index (χ2n) is 6.74. The van der Waals surface area contributed by atoms with Gasteiger partial charge < -0.3 is 10.6 Å². The Morgan fingerprint density at radius 2 is 2.13 bits per heavy atom. The molecule has 1 fully saturated rings. The van der Waals surface area contributed by atoms with Gasteiger partial charge in [-0.1, -0.05) is 31.0 Å². The van der Waals surface area contributed by atoms with Crippen LogP contribution in [0.5, 0.6) is 0 Å². The van der Waals surface area contributed by atoms with Crippen molar-refractivity contribution in [2.45, 2.75) is 58.0 Å². The molecule has 1 aromatic heterocycles. The molecular formula is C19H26N2OS. The van der Waals surface area contributed by atoms with Crippen molar-refractivity contribution in [3.8, 4) is 0 Å². The van der Waals surface area contributed by atoms with Crippen LogP contribution >= 0.6 is 11.3 Å². The molecule has 124 valence electrons. The third-order valence-electron chi connectivity index (χ3n) is 4.44. The molecule has 3 rings (SSSR count). The summed E-state index contributed by atoms with van der Waals surface area (Å²) in [5.74, 6) is 0.0739. The molecule has 23 heavy (non-hydrogen) atoms. The van der Waals surface area contributed by atoms with E-state index in [1.54, 1.807) is 11.3 Å². The minimum absolute atomic E-state index is 0.0739. The van der Waals surface area contributed by atoms with E-state index in [1.165, 1.54) is 41.3 Å². The van der Waals surface area contributed by atoms with Crippen molar-refractivity contribution in [2.75, 3.05) is 6.54 Å². The number of nitrogens with one attached hydrogen (secondary N) is 2. The molecule has 1 aliphatic heterocycles. The van der Waals surface area contributed by atoms with Gasteiger partial charge in [0.25, 0.3) is 5.91 Å². The van der Waals surface area contributed by atoms with E-state index in [4.69, 9.17) is 0 Å². The van der Waals surface area contributed by atoms with Crippen molar-refractivity contribution in [1.29, 1.82) is 0 Å². The van der Waals surface area contributed by atoms with Gasteiger partial charge in [0.15, 0.2) is 0 Å². The smallest absolute Gasteiger partial charge is 0.261 e. The molecule has 3 nitrogen and oxygen atoms in total. The summed E-state index contributed by atoms with van der Waals surface area (Å²) in [6.07, 6.45) is 6.02. The SMILES string of the molecule is CC(C)NC(=O)c1sc2ccccc2c1C[C@H]1CCCCCN1. The van der Waals surface area contributed by atoms with E-state index in [9.17, 15) is 4.79 Å². The molecule has 1 atom stereocenters. The Labute approximate surface area is 142 Å². The number of amides is 1. The van der Waals surface area contributed by atoms with Gasteiger partial charge in [-0.3, -0.25) is 4.79 Å². The van der Waals surface area contributed by atoms with Crippen LogP contribution in [0.3, 0.4) is 0 Å². The third kappa shape index (κ3) is 3.93. The Balaban J connectivity index is 1.93. The number of benzene rings is 1. The van der Waals surface area contributed by atoms with E-state index in [1.807, 2.05) is 13.8 Å². The summed E-state index contributed by atoms with van der Waals surface area (Å²) in [5.41, 5.74) is 1.23. The zero-order valence-corrected chi connectivity index (χ0v) is 14.8. The molecule has 0 radical (unpaired) electrons. The van der Waals surface area contributed by atoms with Crippen LogP contribution in [-0.2, 0) is 6.42 Å². The number of thiophene rings is 1. The Kier molecular flexibility index (Phi) is 5.34. The summed E-state index contributed by atoms with van der Waals surface area (Å²) >= 11 is 1.63. The maximum Gasteiger partial charge on any atom is 0.261 e. The number of hydrogen-bond acceptors (Lipinski definition) is 3. The van der Waals surface area contributed by atoms with Gasteiger partial charge in [0, 0.05) is 16.8 Å². The Morgan fingerprint density at radius 3 is 2.96 bits per heavy atom. The fourth-order valence-electron chi connectivity index (χ4n) is 3.33. The first kappa shape index (κ1) is 16.5. The van der Waals surface area contributed by atoms with Crippen molar-refractivity contribution >= 4 is 27.3 Å². The van der Waals surface area contributed by atoms with E-state index < -0.39 is 0 Å². The lowest BCUT2D eigenvalue weighted by molar-refractivity contribution is 0.0946. The van der Waals surface area contributed by atoms with E-state index in [2.05, 4.69) is 34.9 Å². The van der Waals surface area contributed by atoms with Crippen LogP contribution < -0.4 is 10.6 Å². The third-order valence-corrected chi connectivity index (χ3v) is 5.65. The molecule has 2 heterocycles. The molecular weight excluding hydrogens is 304 g/mol. The first-order valence-electron chi connectivity index (χ1n) is 8.70. The van der Waals surface area contributed by atoms with Crippen molar-refractivity contribution in [2.24, 2.45) is 0 Å². The highest BCUT2D eigenvalue weighted by Gasteiger charge is 2.22. The van der Waals surface area contributed by atoms with Crippen molar-refractivity contribution in [3.63, 3.8) is 0 Å². The van der Waals surface area contributed by atoms with E-state index in [0.717, 1.165) is 17.8 Å². The van der Waals surface area contributed by atoms with Gasteiger partial charge >= 0.3 is 0 Å². The van der Waals surface area contributed by atoms with Gasteiger partial charge in [-0.25, -0.2) is 0 Å². The molecule has 2 aromatic rings. The summed E-state index contributed by atoms with van der Waals surface area (Å²) in [5, 5.41) is 7.97. The van der Waals surface area contributed by atoms with Crippen molar-refractivity contribution < 1.29 is 4.79 Å². The summed E-state index contributed by atoms with van der Waals surface area (Å²) in [4.78, 5) is 13.5. The topological polar surface area (TPSA) is 41.1 Å². The van der Waals surface area contributed by atoms with Gasteiger partial charge in [0.05, 0.1) is 4.88 Å². The second-order valence-corrected chi connectivity index (χ2v) is 7.79. The number of rotatable bonds is 4. The Bertz CT molecular complexity index is 669. The monoisotopic (exact) mass is 330 g/mol. The highest BCUT2D eigenvalue weighted by atomic mass is 32.1. The van der Waals surface area contributed by atoms with Gasteiger partial charge in [0.1, 0.15) is 0 Å². The fourth-order valence-corrected chi connectivity index (χ4v) is 4.47. The quantitative estimate of drug-likeness (QED) is 0.885. The van der Waals surface area contributed by atoms with Gasteiger partial charge in [0.2, 0.25) is 0 Å². The van der Waals surface area contributed by atoms with Gasteiger partial charge in [-0.2, -0.15) is 0 Å². The second kappa shape index (κ2) is 7.45. The lowest BCUT2D eigenvalue weighted by Crippen LogP contribution is -2.32. The maximum atomic E-state index is 12.6. The molecule has 0 spiro atoms. The molecule has 0 aliphatic carbocycles. The summed E-state index contributed by atoms with van der Waals surface area (Å²) in [6, 6.07) is 9.05. The zero-order valence-electron chi connectivity index (χ0n) is 14.0. The van der Waals surface area contributed by atoms with E-state index in [-0.39, 0.29) is 11.9 Å². The summed E-state index contributed by atoms with van der Waals surface area (Å²) < 4.78 is 1.21. The van der Waals surface area contributed by atoms with Crippen molar-refractivity contribution in [1.82, 2.24) is 10.6 Å². The number of carbonyl (C=O) groups excluding carboxylic acids is 1. The van der Waals surface area contributed by atoms with Crippen LogP contribution in [0.4, 0.5) is 0 Å². The van der Waals surface area contributed by atoms with Crippen LogP contribution in [0.1, 0.15) is 54.8 Å². The first-order valence-corrected chi connectivity index (χ1v) is 9.51. The number of fused-ring (bicyclic) bond motifs is 1. The minimum Gasteiger partial charge on any atom is -0.349 e.